The summed E-state index contributed by atoms with van der Waals surface area (Å²) in [5.41, 5.74) is 1.50. The van der Waals surface area contributed by atoms with E-state index in [0.29, 0.717) is 28.1 Å². The number of rotatable bonds is 6. The molecule has 8 heteroatoms. The molecule has 1 amide bonds. The van der Waals surface area contributed by atoms with Crippen molar-refractivity contribution in [3.63, 3.8) is 0 Å². The van der Waals surface area contributed by atoms with Gasteiger partial charge in [-0.05, 0) is 54.2 Å². The fraction of sp³-hybridized carbons (Fsp3) is 0.364. The minimum absolute atomic E-state index is 0.351. The number of carbonyl (C=O) groups is 2. The number of benzene rings is 2. The molecule has 1 aliphatic carbocycles. The summed E-state index contributed by atoms with van der Waals surface area (Å²) < 4.78 is 5.98. The zero-order chi connectivity index (χ0) is 21.4. The molecule has 2 aliphatic rings. The minimum atomic E-state index is -1.97. The number of hydrogen-bond acceptors (Lipinski definition) is 4. The van der Waals surface area contributed by atoms with Gasteiger partial charge in [-0.15, -0.1) is 0 Å². The third-order valence-electron chi connectivity index (χ3n) is 5.52. The van der Waals surface area contributed by atoms with E-state index in [1.165, 1.54) is 0 Å². The third kappa shape index (κ3) is 4.32. The molecule has 1 unspecified atom stereocenters. The zero-order valence-electron chi connectivity index (χ0n) is 15.9. The van der Waals surface area contributed by atoms with E-state index in [9.17, 15) is 19.8 Å². The summed E-state index contributed by atoms with van der Waals surface area (Å²) in [4.78, 5) is 26.3. The van der Waals surface area contributed by atoms with Gasteiger partial charge in [0.25, 0.3) is 5.91 Å². The van der Waals surface area contributed by atoms with Gasteiger partial charge in [-0.3, -0.25) is 4.79 Å². The SMILES string of the molecule is O=C(O)C(O)[C@@H]1O[C@@H](c2cccc(Cl)c2)[C@@H](c2ccc(Cl)cc2)N(CC2CC2)C1=O. The van der Waals surface area contributed by atoms with Gasteiger partial charge in [0, 0.05) is 16.6 Å². The van der Waals surface area contributed by atoms with Crippen LogP contribution in [-0.2, 0) is 14.3 Å². The van der Waals surface area contributed by atoms with E-state index >= 15 is 0 Å². The highest BCUT2D eigenvalue weighted by molar-refractivity contribution is 6.30. The number of ether oxygens (including phenoxy) is 1. The van der Waals surface area contributed by atoms with Crippen LogP contribution in [0.4, 0.5) is 0 Å². The third-order valence-corrected chi connectivity index (χ3v) is 6.01. The van der Waals surface area contributed by atoms with E-state index in [4.69, 9.17) is 27.9 Å². The Morgan fingerprint density at radius 2 is 1.80 bits per heavy atom. The number of carboxylic acids is 1. The summed E-state index contributed by atoms with van der Waals surface area (Å²) in [6.45, 7) is 0.468. The molecule has 4 atom stereocenters. The maximum atomic E-state index is 13.3. The highest BCUT2D eigenvalue weighted by Gasteiger charge is 2.49. The van der Waals surface area contributed by atoms with E-state index in [1.807, 2.05) is 18.2 Å². The van der Waals surface area contributed by atoms with Crippen LogP contribution in [0.5, 0.6) is 0 Å². The Balaban J connectivity index is 1.81. The Bertz CT molecular complexity index is 947. The lowest BCUT2D eigenvalue weighted by molar-refractivity contribution is -0.194. The van der Waals surface area contributed by atoms with Crippen molar-refractivity contribution in [3.05, 3.63) is 69.7 Å². The number of nitrogens with zero attached hydrogens (tertiary/aromatic N) is 1. The molecular formula is C22H21Cl2NO5. The lowest BCUT2D eigenvalue weighted by Gasteiger charge is -2.45. The van der Waals surface area contributed by atoms with Crippen LogP contribution >= 0.6 is 23.2 Å². The molecule has 1 heterocycles. The van der Waals surface area contributed by atoms with Crippen LogP contribution in [0.25, 0.3) is 0 Å². The molecule has 0 radical (unpaired) electrons. The topological polar surface area (TPSA) is 87.1 Å². The van der Waals surface area contributed by atoms with E-state index in [0.717, 1.165) is 18.4 Å². The van der Waals surface area contributed by atoms with Crippen LogP contribution in [-0.4, -0.2) is 45.7 Å². The number of carbonyl (C=O) groups excluding carboxylic acids is 1. The molecule has 158 valence electrons. The number of carboxylic acid groups (broad SMARTS) is 1. The van der Waals surface area contributed by atoms with Crippen molar-refractivity contribution >= 4 is 35.1 Å². The molecule has 30 heavy (non-hydrogen) atoms. The van der Waals surface area contributed by atoms with Gasteiger partial charge in [0.1, 0.15) is 6.10 Å². The summed E-state index contributed by atoms with van der Waals surface area (Å²) in [7, 11) is 0. The van der Waals surface area contributed by atoms with E-state index < -0.39 is 36.2 Å². The predicted octanol–water partition coefficient (Wildman–Crippen LogP) is 3.86. The Labute approximate surface area is 184 Å². The zero-order valence-corrected chi connectivity index (χ0v) is 17.5. The maximum Gasteiger partial charge on any atom is 0.335 e. The number of aliphatic carboxylic acids is 1. The van der Waals surface area contributed by atoms with Crippen molar-refractivity contribution in [2.75, 3.05) is 6.54 Å². The minimum Gasteiger partial charge on any atom is -0.479 e. The van der Waals surface area contributed by atoms with Gasteiger partial charge in [-0.2, -0.15) is 0 Å². The van der Waals surface area contributed by atoms with Crippen molar-refractivity contribution in [2.24, 2.45) is 5.92 Å². The second-order valence-electron chi connectivity index (χ2n) is 7.75. The van der Waals surface area contributed by atoms with Gasteiger partial charge in [-0.1, -0.05) is 47.5 Å². The number of morpholine rings is 1. The first-order valence-electron chi connectivity index (χ1n) is 9.73. The highest BCUT2D eigenvalue weighted by atomic mass is 35.5. The molecule has 0 aromatic heterocycles. The van der Waals surface area contributed by atoms with Gasteiger partial charge in [-0.25, -0.2) is 4.79 Å². The highest BCUT2D eigenvalue weighted by Crippen LogP contribution is 2.45. The Morgan fingerprint density at radius 1 is 1.10 bits per heavy atom. The average molecular weight is 450 g/mol. The summed E-state index contributed by atoms with van der Waals surface area (Å²) in [5, 5.41) is 20.6. The number of aliphatic hydroxyl groups is 1. The summed E-state index contributed by atoms with van der Waals surface area (Å²) in [6.07, 6.45) is -2.17. The Hall–Kier alpha value is -2.12. The standard InChI is InChI=1S/C22H21Cl2NO5/c23-15-8-6-13(7-9-15)17-19(14-2-1-3-16(24)10-14)30-20(18(26)22(28)29)21(27)25(17)11-12-4-5-12/h1-3,6-10,12,17-20,26H,4-5,11H2,(H,28,29)/t17-,18?,19+,20+/m1/s1. The van der Waals surface area contributed by atoms with Gasteiger partial charge in [0.2, 0.25) is 0 Å². The van der Waals surface area contributed by atoms with Crippen molar-refractivity contribution in [1.29, 1.82) is 0 Å². The Morgan fingerprint density at radius 3 is 2.40 bits per heavy atom. The van der Waals surface area contributed by atoms with Crippen molar-refractivity contribution in [1.82, 2.24) is 4.90 Å². The maximum absolute atomic E-state index is 13.3. The number of halogens is 2. The first-order valence-corrected chi connectivity index (χ1v) is 10.5. The van der Waals surface area contributed by atoms with Crippen LogP contribution in [0, 0.1) is 5.92 Å². The van der Waals surface area contributed by atoms with Crippen molar-refractivity contribution < 1.29 is 24.5 Å². The van der Waals surface area contributed by atoms with Crippen LogP contribution in [0.1, 0.15) is 36.1 Å². The lowest BCUT2D eigenvalue weighted by atomic mass is 9.90. The fourth-order valence-corrected chi connectivity index (χ4v) is 4.16. The normalized spacial score (nSPS) is 25.2. The van der Waals surface area contributed by atoms with Crippen LogP contribution in [0.15, 0.2) is 48.5 Å². The quantitative estimate of drug-likeness (QED) is 0.698. The predicted molar refractivity (Wildman–Crippen MR) is 111 cm³/mol. The molecular weight excluding hydrogens is 429 g/mol. The molecule has 2 fully saturated rings. The van der Waals surface area contributed by atoms with Crippen molar-refractivity contribution in [3.8, 4) is 0 Å². The van der Waals surface area contributed by atoms with Gasteiger partial charge in [0.05, 0.1) is 6.04 Å². The Kier molecular flexibility index (Phi) is 6.02. The second kappa shape index (κ2) is 8.55. The molecule has 2 aromatic carbocycles. The van der Waals surface area contributed by atoms with Crippen molar-refractivity contribution in [2.45, 2.75) is 37.2 Å². The van der Waals surface area contributed by atoms with Gasteiger partial charge < -0.3 is 19.8 Å². The first kappa shape index (κ1) is 21.1. The summed E-state index contributed by atoms with van der Waals surface area (Å²) in [6, 6.07) is 13.7. The first-order chi connectivity index (χ1) is 14.3. The molecule has 1 aliphatic heterocycles. The van der Waals surface area contributed by atoms with Gasteiger partial charge >= 0.3 is 5.97 Å². The molecule has 2 N–H and O–H groups in total. The molecule has 0 spiro atoms. The molecule has 1 saturated carbocycles. The second-order valence-corrected chi connectivity index (χ2v) is 8.62. The number of hydrogen-bond donors (Lipinski definition) is 2. The molecule has 0 bridgehead atoms. The number of amides is 1. The summed E-state index contributed by atoms with van der Waals surface area (Å²) >= 11 is 12.2. The fourth-order valence-electron chi connectivity index (χ4n) is 3.83. The molecule has 2 aromatic rings. The molecule has 6 nitrogen and oxygen atoms in total. The van der Waals surface area contributed by atoms with E-state index in [2.05, 4.69) is 0 Å². The lowest BCUT2D eigenvalue weighted by Crippen LogP contribution is -2.56. The smallest absolute Gasteiger partial charge is 0.335 e. The molecule has 1 saturated heterocycles. The van der Waals surface area contributed by atoms with E-state index in [1.54, 1.807) is 35.2 Å². The number of aliphatic hydroxyl groups excluding tert-OH is 1. The van der Waals surface area contributed by atoms with E-state index in [-0.39, 0.29) is 0 Å². The molecule has 4 rings (SSSR count). The summed E-state index contributed by atoms with van der Waals surface area (Å²) in [5.74, 6) is -1.69. The average Bonchev–Trinajstić information content (AvgIpc) is 3.54. The van der Waals surface area contributed by atoms with Gasteiger partial charge in [0.15, 0.2) is 12.2 Å². The monoisotopic (exact) mass is 449 g/mol. The van der Waals surface area contributed by atoms with Crippen LogP contribution < -0.4 is 0 Å². The van der Waals surface area contributed by atoms with Crippen LogP contribution in [0.2, 0.25) is 10.0 Å². The van der Waals surface area contributed by atoms with Crippen LogP contribution in [0.3, 0.4) is 0 Å². The largest absolute Gasteiger partial charge is 0.479 e.